The Morgan fingerprint density at radius 2 is 1.54 bits per heavy atom. The van der Waals surface area contributed by atoms with Crippen molar-refractivity contribution in [3.05, 3.63) is 65.7 Å². The molecule has 28 heavy (non-hydrogen) atoms. The smallest absolute Gasteiger partial charge is 0.242 e. The summed E-state index contributed by atoms with van der Waals surface area (Å²) in [7, 11) is 0. The highest BCUT2D eigenvalue weighted by Gasteiger charge is 2.33. The van der Waals surface area contributed by atoms with E-state index >= 15 is 0 Å². The van der Waals surface area contributed by atoms with Gasteiger partial charge in [-0.15, -0.1) is 0 Å². The van der Waals surface area contributed by atoms with Gasteiger partial charge in [-0.2, -0.15) is 0 Å². The minimum atomic E-state index is -0.422. The van der Waals surface area contributed by atoms with Gasteiger partial charge in [-0.3, -0.25) is 9.69 Å². The minimum absolute atomic E-state index is 0.00987. The molecule has 1 saturated carbocycles. The van der Waals surface area contributed by atoms with E-state index in [1.54, 1.807) is 24.3 Å². The number of amides is 1. The lowest BCUT2D eigenvalue weighted by Gasteiger charge is -2.30. The first-order valence-electron chi connectivity index (χ1n) is 9.90. The lowest BCUT2D eigenvalue weighted by Crippen LogP contribution is -2.43. The van der Waals surface area contributed by atoms with Crippen LogP contribution in [0.3, 0.4) is 0 Å². The van der Waals surface area contributed by atoms with E-state index in [0.717, 1.165) is 50.1 Å². The molecule has 6 heteroatoms. The van der Waals surface area contributed by atoms with Gasteiger partial charge in [0, 0.05) is 37.9 Å². The summed E-state index contributed by atoms with van der Waals surface area (Å²) >= 11 is 0. The van der Waals surface area contributed by atoms with Crippen molar-refractivity contribution >= 4 is 11.6 Å². The average Bonchev–Trinajstić information content (AvgIpc) is 3.52. The third kappa shape index (κ3) is 4.50. The standard InChI is InChI=1S/C22H25F2N3O/c23-17-4-2-16(3-5-17)21(22(28)25-19-8-9-19)27-13-1-12-26(14-15-27)20-10-6-18(24)7-11-20/h2-7,10-11,19,21H,1,8-9,12-15H2,(H,25,28). The predicted molar refractivity (Wildman–Crippen MR) is 105 cm³/mol. The van der Waals surface area contributed by atoms with Crippen LogP contribution in [0.5, 0.6) is 0 Å². The molecule has 0 bridgehead atoms. The Kier molecular flexibility index (Phi) is 5.57. The number of carbonyl (C=O) groups is 1. The molecule has 1 heterocycles. The Morgan fingerprint density at radius 3 is 2.18 bits per heavy atom. The van der Waals surface area contributed by atoms with Gasteiger partial charge in [0.15, 0.2) is 0 Å². The second-order valence-corrected chi connectivity index (χ2v) is 7.59. The SMILES string of the molecule is O=C(NC1CC1)C(c1ccc(F)cc1)N1CCCN(c2ccc(F)cc2)CC1. The van der Waals surface area contributed by atoms with Gasteiger partial charge in [-0.05, 0) is 61.2 Å². The first-order valence-corrected chi connectivity index (χ1v) is 9.90. The Bertz CT molecular complexity index is 806. The number of hydrogen-bond donors (Lipinski definition) is 1. The Hall–Kier alpha value is -2.47. The molecule has 1 amide bonds. The molecule has 4 rings (SSSR count). The van der Waals surface area contributed by atoms with E-state index in [1.165, 1.54) is 24.3 Å². The highest BCUT2D eigenvalue weighted by Crippen LogP contribution is 2.27. The zero-order chi connectivity index (χ0) is 19.5. The van der Waals surface area contributed by atoms with Crippen LogP contribution in [0.15, 0.2) is 48.5 Å². The van der Waals surface area contributed by atoms with Gasteiger partial charge >= 0.3 is 0 Å². The molecule has 1 saturated heterocycles. The molecule has 1 aliphatic carbocycles. The molecule has 2 aromatic carbocycles. The number of benzene rings is 2. The van der Waals surface area contributed by atoms with Gasteiger partial charge in [0.1, 0.15) is 17.7 Å². The topological polar surface area (TPSA) is 35.6 Å². The van der Waals surface area contributed by atoms with E-state index in [0.29, 0.717) is 6.54 Å². The zero-order valence-electron chi connectivity index (χ0n) is 15.8. The summed E-state index contributed by atoms with van der Waals surface area (Å²) in [6, 6.07) is 12.6. The lowest BCUT2D eigenvalue weighted by molar-refractivity contribution is -0.126. The molecule has 2 fully saturated rings. The maximum absolute atomic E-state index is 13.4. The maximum Gasteiger partial charge on any atom is 0.242 e. The summed E-state index contributed by atoms with van der Waals surface area (Å²) in [6.45, 7) is 3.08. The molecule has 1 atom stereocenters. The predicted octanol–water partition coefficient (Wildman–Crippen LogP) is 3.50. The summed E-state index contributed by atoms with van der Waals surface area (Å²) in [4.78, 5) is 17.4. The van der Waals surface area contributed by atoms with Crippen LogP contribution in [0, 0.1) is 11.6 Å². The summed E-state index contributed by atoms with van der Waals surface area (Å²) in [6.07, 6.45) is 2.95. The third-order valence-electron chi connectivity index (χ3n) is 5.45. The molecule has 1 unspecified atom stereocenters. The Balaban J connectivity index is 1.51. The van der Waals surface area contributed by atoms with E-state index in [4.69, 9.17) is 0 Å². The van der Waals surface area contributed by atoms with Crippen LogP contribution in [0.4, 0.5) is 14.5 Å². The zero-order valence-corrected chi connectivity index (χ0v) is 15.8. The molecule has 0 spiro atoms. The molecule has 4 nitrogen and oxygen atoms in total. The third-order valence-corrected chi connectivity index (χ3v) is 5.45. The van der Waals surface area contributed by atoms with Crippen LogP contribution in [0.1, 0.15) is 30.9 Å². The van der Waals surface area contributed by atoms with Gasteiger partial charge in [0.2, 0.25) is 5.91 Å². The molecule has 2 aliphatic rings. The molecule has 1 N–H and O–H groups in total. The van der Waals surface area contributed by atoms with Gasteiger partial charge in [-0.25, -0.2) is 8.78 Å². The Morgan fingerprint density at radius 1 is 0.893 bits per heavy atom. The summed E-state index contributed by atoms with van der Waals surface area (Å²) in [5, 5.41) is 3.10. The number of nitrogens with zero attached hydrogens (tertiary/aromatic N) is 2. The van der Waals surface area contributed by atoms with Crippen LogP contribution in [0.25, 0.3) is 0 Å². The van der Waals surface area contributed by atoms with Gasteiger partial charge in [0.25, 0.3) is 0 Å². The van der Waals surface area contributed by atoms with Crippen molar-refractivity contribution in [2.45, 2.75) is 31.3 Å². The average molecular weight is 385 g/mol. The first kappa shape index (κ1) is 18.9. The van der Waals surface area contributed by atoms with E-state index in [2.05, 4.69) is 15.1 Å². The quantitative estimate of drug-likeness (QED) is 0.856. The molecule has 0 aromatic heterocycles. The Labute approximate surface area is 164 Å². The normalized spacial score (nSPS) is 19.1. The van der Waals surface area contributed by atoms with E-state index in [9.17, 15) is 13.6 Å². The van der Waals surface area contributed by atoms with Crippen LogP contribution in [0.2, 0.25) is 0 Å². The summed E-state index contributed by atoms with van der Waals surface area (Å²) in [5.41, 5.74) is 1.80. The molecule has 148 valence electrons. The van der Waals surface area contributed by atoms with E-state index < -0.39 is 6.04 Å². The highest BCUT2D eigenvalue weighted by molar-refractivity contribution is 5.83. The van der Waals surface area contributed by atoms with Gasteiger partial charge in [0.05, 0.1) is 0 Å². The van der Waals surface area contributed by atoms with Crippen LogP contribution >= 0.6 is 0 Å². The van der Waals surface area contributed by atoms with Crippen molar-refractivity contribution < 1.29 is 13.6 Å². The monoisotopic (exact) mass is 385 g/mol. The number of rotatable bonds is 5. The van der Waals surface area contributed by atoms with Gasteiger partial charge in [-0.1, -0.05) is 12.1 Å². The number of halogens is 2. The van der Waals surface area contributed by atoms with Crippen LogP contribution < -0.4 is 10.2 Å². The number of anilines is 1. The van der Waals surface area contributed by atoms with Crippen molar-refractivity contribution in [2.75, 3.05) is 31.1 Å². The highest BCUT2D eigenvalue weighted by atomic mass is 19.1. The molecular formula is C22H25F2N3O. The van der Waals surface area contributed by atoms with E-state index in [-0.39, 0.29) is 23.6 Å². The van der Waals surface area contributed by atoms with Crippen molar-refractivity contribution in [2.24, 2.45) is 0 Å². The van der Waals surface area contributed by atoms with Crippen molar-refractivity contribution in [3.8, 4) is 0 Å². The van der Waals surface area contributed by atoms with Crippen molar-refractivity contribution in [1.29, 1.82) is 0 Å². The summed E-state index contributed by atoms with van der Waals surface area (Å²) in [5.74, 6) is -0.555. The second kappa shape index (κ2) is 8.27. The second-order valence-electron chi connectivity index (χ2n) is 7.59. The molecule has 0 radical (unpaired) electrons. The first-order chi connectivity index (χ1) is 13.6. The number of hydrogen-bond acceptors (Lipinski definition) is 3. The fourth-order valence-electron chi connectivity index (χ4n) is 3.79. The molecule has 2 aromatic rings. The van der Waals surface area contributed by atoms with E-state index in [1.807, 2.05) is 0 Å². The molecule has 1 aliphatic heterocycles. The van der Waals surface area contributed by atoms with Crippen LogP contribution in [-0.4, -0.2) is 43.0 Å². The summed E-state index contributed by atoms with van der Waals surface area (Å²) < 4.78 is 26.6. The van der Waals surface area contributed by atoms with Crippen molar-refractivity contribution in [1.82, 2.24) is 10.2 Å². The number of nitrogens with one attached hydrogen (secondary N) is 1. The van der Waals surface area contributed by atoms with Crippen molar-refractivity contribution in [3.63, 3.8) is 0 Å². The number of carbonyl (C=O) groups excluding carboxylic acids is 1. The largest absolute Gasteiger partial charge is 0.370 e. The molecular weight excluding hydrogens is 360 g/mol. The lowest BCUT2D eigenvalue weighted by atomic mass is 10.0. The minimum Gasteiger partial charge on any atom is -0.370 e. The fraction of sp³-hybridized carbons (Fsp3) is 0.409. The fourth-order valence-corrected chi connectivity index (χ4v) is 3.79. The van der Waals surface area contributed by atoms with Crippen LogP contribution in [-0.2, 0) is 4.79 Å². The van der Waals surface area contributed by atoms with Gasteiger partial charge < -0.3 is 10.2 Å². The maximum atomic E-state index is 13.4.